The standard InChI is InChI=1S/C58H37N7O.Pt/c1-3-15-39(16-4-1)45-22-12-23-46(40-17-5-2-6-18-40)56(45)63-38-62(52-27-9-10-28-53(52)63)41-19-11-20-43(35-41)66-44-30-31-48-47-21-7-8-26-51(47)65(54(48)36-44)55-32-29-42(37-61-55)64-57-49(24-13-33-59-57)50-25-14-34-60-58(50)64;/h1-37H;. The van der Waals surface area contributed by atoms with Crippen LogP contribution in [0.1, 0.15) is 0 Å². The fourth-order valence-corrected chi connectivity index (χ4v) is 10.8. The van der Waals surface area contributed by atoms with E-state index < -0.39 is 0 Å². The number of nitrogens with zero attached hydrogens (tertiary/aromatic N) is 7. The maximum absolute atomic E-state index is 6.81. The number of para-hydroxylation sites is 4. The summed E-state index contributed by atoms with van der Waals surface area (Å²) in [6.07, 6.45) is 5.55. The fourth-order valence-electron chi connectivity index (χ4n) is 9.70. The third-order valence-electron chi connectivity index (χ3n) is 12.6. The number of ether oxygens (including phenoxy) is 1. The van der Waals surface area contributed by atoms with E-state index in [0.29, 0.717) is 0 Å². The molecule has 67 heavy (non-hydrogen) atoms. The third kappa shape index (κ3) is 6.40. The van der Waals surface area contributed by atoms with Crippen LogP contribution in [0.15, 0.2) is 225 Å². The van der Waals surface area contributed by atoms with E-state index in [1.54, 1.807) is 0 Å². The summed E-state index contributed by atoms with van der Waals surface area (Å²) in [5.74, 6) is 2.24. The Kier molecular flexibility index (Phi) is 9.25. The predicted octanol–water partition coefficient (Wildman–Crippen LogP) is 14.0. The SMILES string of the molecule is [Pt]=[c]1n(-c2cccc(Oc3ccc4c5ccccc5n(-c5ccc(-n6c7ncccc7c7cccnc76)cn5)c4c3)c2)c2ccccc2n1-c1c(-c2ccccc2)cccc1-c1ccccc1. The molecule has 0 aliphatic heterocycles. The minimum atomic E-state index is 0.722. The summed E-state index contributed by atoms with van der Waals surface area (Å²) in [6, 6.07) is 72.0. The molecule has 13 aromatic rings. The van der Waals surface area contributed by atoms with Crippen LogP contribution < -0.4 is 4.74 Å². The molecule has 0 amide bonds. The Morgan fingerprint density at radius 3 is 1.63 bits per heavy atom. The third-order valence-corrected chi connectivity index (χ3v) is 13.6. The molecule has 0 saturated heterocycles. The fraction of sp³-hybridized carbons (Fsp3) is 0. The van der Waals surface area contributed by atoms with E-state index in [0.717, 1.165) is 115 Å². The Morgan fingerprint density at radius 1 is 0.373 bits per heavy atom. The molecule has 9 heteroatoms. The molecule has 0 N–H and O–H groups in total. The van der Waals surface area contributed by atoms with Crippen LogP contribution >= 0.6 is 0 Å². The zero-order chi connectivity index (χ0) is 44.4. The number of pyridine rings is 3. The second kappa shape index (κ2) is 15.9. The van der Waals surface area contributed by atoms with Crippen LogP contribution in [0.25, 0.3) is 100 Å². The predicted molar refractivity (Wildman–Crippen MR) is 265 cm³/mol. The summed E-state index contributed by atoms with van der Waals surface area (Å²) in [6.45, 7) is 0. The van der Waals surface area contributed by atoms with E-state index in [-0.39, 0.29) is 0 Å². The topological polar surface area (TPSA) is 67.6 Å². The summed E-state index contributed by atoms with van der Waals surface area (Å²) in [5.41, 5.74) is 13.6. The molecule has 7 aromatic carbocycles. The Morgan fingerprint density at radius 2 is 0.955 bits per heavy atom. The number of hydrogen-bond donors (Lipinski definition) is 0. The first-order valence-corrected chi connectivity index (χ1v) is 23.2. The maximum atomic E-state index is 6.81. The summed E-state index contributed by atoms with van der Waals surface area (Å²) in [4.78, 5) is 14.6. The molecule has 6 heterocycles. The van der Waals surface area contributed by atoms with Crippen LogP contribution in [0.4, 0.5) is 0 Å². The quantitative estimate of drug-likeness (QED) is 0.152. The molecule has 0 unspecified atom stereocenters. The molecule has 0 aliphatic carbocycles. The van der Waals surface area contributed by atoms with Gasteiger partial charge in [0, 0.05) is 23.2 Å². The van der Waals surface area contributed by atoms with E-state index in [2.05, 4.69) is 226 Å². The van der Waals surface area contributed by atoms with E-state index in [9.17, 15) is 0 Å². The van der Waals surface area contributed by atoms with Crippen LogP contribution in [-0.4, -0.2) is 33.2 Å². The minimum absolute atomic E-state index is 0.722. The molecule has 0 radical (unpaired) electrons. The first-order chi connectivity index (χ1) is 33.2. The molecular formula is C58H37N7OPt. The van der Waals surface area contributed by atoms with Gasteiger partial charge in [0.1, 0.15) is 11.3 Å². The van der Waals surface area contributed by atoms with Crippen LogP contribution in [0, 0.1) is 3.80 Å². The van der Waals surface area contributed by atoms with Gasteiger partial charge in [0.15, 0.2) is 0 Å². The van der Waals surface area contributed by atoms with Crippen LogP contribution in [0.5, 0.6) is 11.5 Å². The summed E-state index contributed by atoms with van der Waals surface area (Å²) >= 11 is 2.49. The van der Waals surface area contributed by atoms with E-state index in [4.69, 9.17) is 19.7 Å². The zero-order valence-electron chi connectivity index (χ0n) is 35.7. The van der Waals surface area contributed by atoms with Crippen molar-refractivity contribution in [1.82, 2.24) is 33.2 Å². The zero-order valence-corrected chi connectivity index (χ0v) is 38.0. The number of imidazole rings is 1. The second-order valence-electron chi connectivity index (χ2n) is 16.4. The molecule has 13 rings (SSSR count). The molecular weight excluding hydrogens is 1010 g/mol. The van der Waals surface area contributed by atoms with Gasteiger partial charge in [0.05, 0.1) is 11.9 Å². The molecule has 0 fully saturated rings. The molecule has 0 bridgehead atoms. The number of fused-ring (bicyclic) bond motifs is 7. The van der Waals surface area contributed by atoms with Crippen molar-refractivity contribution >= 4 is 54.9 Å². The van der Waals surface area contributed by atoms with Crippen molar-refractivity contribution < 1.29 is 24.1 Å². The molecule has 0 aliphatic rings. The van der Waals surface area contributed by atoms with Gasteiger partial charge < -0.3 is 0 Å². The van der Waals surface area contributed by atoms with Gasteiger partial charge in [-0.2, -0.15) is 0 Å². The summed E-state index contributed by atoms with van der Waals surface area (Å²) < 4.78 is 16.9. The Labute approximate surface area is 395 Å². The van der Waals surface area contributed by atoms with Gasteiger partial charge in [-0.05, 0) is 30.3 Å². The van der Waals surface area contributed by atoms with E-state index in [1.807, 2.05) is 36.8 Å². The van der Waals surface area contributed by atoms with Crippen molar-refractivity contribution in [3.63, 3.8) is 0 Å². The van der Waals surface area contributed by atoms with Crippen molar-refractivity contribution in [3.8, 4) is 56.6 Å². The summed E-state index contributed by atoms with van der Waals surface area (Å²) in [5, 5.41) is 4.36. The first kappa shape index (κ1) is 39.0. The Balaban J connectivity index is 0.906. The Bertz CT molecular complexity index is 3980. The Hall–Kier alpha value is -8.45. The van der Waals surface area contributed by atoms with Gasteiger partial charge in [-0.3, -0.25) is 4.57 Å². The normalized spacial score (nSPS) is 11.7. The van der Waals surface area contributed by atoms with Crippen LogP contribution in [0.2, 0.25) is 0 Å². The molecule has 0 spiro atoms. The second-order valence-corrected chi connectivity index (χ2v) is 17.4. The van der Waals surface area contributed by atoms with Gasteiger partial charge in [-0.25, -0.2) is 9.97 Å². The van der Waals surface area contributed by atoms with Crippen LogP contribution in [0.3, 0.4) is 0 Å². The first-order valence-electron chi connectivity index (χ1n) is 22.1. The van der Waals surface area contributed by atoms with Crippen molar-refractivity contribution in [2.45, 2.75) is 0 Å². The summed E-state index contributed by atoms with van der Waals surface area (Å²) in [7, 11) is 0. The van der Waals surface area contributed by atoms with E-state index >= 15 is 0 Å². The van der Waals surface area contributed by atoms with Gasteiger partial charge >= 0.3 is 294 Å². The van der Waals surface area contributed by atoms with Gasteiger partial charge in [-0.1, -0.05) is 12.1 Å². The van der Waals surface area contributed by atoms with Gasteiger partial charge in [0.25, 0.3) is 0 Å². The molecule has 0 saturated carbocycles. The number of hydrogen-bond acceptors (Lipinski definition) is 4. The molecule has 6 aromatic heterocycles. The van der Waals surface area contributed by atoms with Crippen molar-refractivity contribution in [2.24, 2.45) is 0 Å². The average Bonchev–Trinajstić information content (AvgIpc) is 4.01. The van der Waals surface area contributed by atoms with Crippen molar-refractivity contribution in [3.05, 3.63) is 229 Å². The van der Waals surface area contributed by atoms with Gasteiger partial charge in [0.2, 0.25) is 0 Å². The molecule has 320 valence electrons. The van der Waals surface area contributed by atoms with Crippen molar-refractivity contribution in [2.75, 3.05) is 0 Å². The number of aromatic nitrogens is 7. The van der Waals surface area contributed by atoms with Crippen molar-refractivity contribution in [1.29, 1.82) is 0 Å². The number of benzene rings is 7. The van der Waals surface area contributed by atoms with Gasteiger partial charge in [-0.15, -0.1) is 0 Å². The average molecular weight is 1040 g/mol. The number of rotatable bonds is 8. The van der Waals surface area contributed by atoms with E-state index in [1.165, 1.54) is 0 Å². The molecule has 8 nitrogen and oxygen atoms in total. The molecule has 0 atom stereocenters. The monoisotopic (exact) mass is 1040 g/mol. The van der Waals surface area contributed by atoms with Crippen LogP contribution in [-0.2, 0) is 19.4 Å².